The first-order chi connectivity index (χ1) is 10.7. The normalized spacial score (nSPS) is 16.1. The lowest BCUT2D eigenvalue weighted by Gasteiger charge is -2.26. The summed E-state index contributed by atoms with van der Waals surface area (Å²) in [4.78, 5) is 23.9. The molecule has 0 unspecified atom stereocenters. The van der Waals surface area contributed by atoms with Gasteiger partial charge in [0.2, 0.25) is 0 Å². The highest BCUT2D eigenvalue weighted by molar-refractivity contribution is 5.94. The topological polar surface area (TPSA) is 64.6 Å². The van der Waals surface area contributed by atoms with E-state index in [-0.39, 0.29) is 18.2 Å². The summed E-state index contributed by atoms with van der Waals surface area (Å²) in [6.07, 6.45) is 6.32. The second-order valence-corrected chi connectivity index (χ2v) is 6.50. The minimum absolute atomic E-state index is 0.0337. The molecule has 1 amide bonds. The van der Waals surface area contributed by atoms with Crippen LogP contribution in [0.25, 0.3) is 0 Å². The largest absolute Gasteiger partial charge is 0.489 e. The van der Waals surface area contributed by atoms with Crippen LogP contribution in [0, 0.1) is 0 Å². The molecule has 1 aliphatic rings. The number of nitrogens with one attached hydrogen (secondary N) is 1. The van der Waals surface area contributed by atoms with Crippen molar-refractivity contribution in [3.63, 3.8) is 0 Å². The van der Waals surface area contributed by atoms with Gasteiger partial charge in [-0.1, -0.05) is 26.0 Å². The lowest BCUT2D eigenvalue weighted by atomic mass is 9.93. The first-order valence-corrected chi connectivity index (χ1v) is 7.93. The summed E-state index contributed by atoms with van der Waals surface area (Å²) in [5, 5.41) is 2.86. The first-order valence-electron chi connectivity index (χ1n) is 7.93. The number of rotatable bonds is 7. The van der Waals surface area contributed by atoms with Crippen molar-refractivity contribution in [2.75, 3.05) is 6.61 Å². The van der Waals surface area contributed by atoms with Crippen LogP contribution in [0.5, 0.6) is 0 Å². The number of carbonyl (C=O) groups is 2. The van der Waals surface area contributed by atoms with Gasteiger partial charge in [0.25, 0.3) is 0 Å². The Balaban J connectivity index is 2.84. The molecule has 23 heavy (non-hydrogen) atoms. The molecule has 0 saturated heterocycles. The van der Waals surface area contributed by atoms with Crippen LogP contribution in [0.3, 0.4) is 0 Å². The molecule has 5 heteroatoms. The molecule has 0 aromatic carbocycles. The van der Waals surface area contributed by atoms with Gasteiger partial charge < -0.3 is 14.8 Å². The van der Waals surface area contributed by atoms with Gasteiger partial charge in [0, 0.05) is 12.5 Å². The molecule has 1 atom stereocenters. The van der Waals surface area contributed by atoms with Crippen LogP contribution in [-0.2, 0) is 14.3 Å². The molecule has 128 valence electrons. The summed E-state index contributed by atoms with van der Waals surface area (Å²) in [5.74, 6) is 0.469. The van der Waals surface area contributed by atoms with Crippen molar-refractivity contribution in [3.05, 3.63) is 36.1 Å². The van der Waals surface area contributed by atoms with Crippen LogP contribution in [0.2, 0.25) is 0 Å². The van der Waals surface area contributed by atoms with Crippen molar-refractivity contribution < 1.29 is 19.1 Å². The molecule has 0 aliphatic heterocycles. The van der Waals surface area contributed by atoms with Crippen molar-refractivity contribution in [3.8, 4) is 0 Å². The molecular formula is C18H27NO4. The predicted molar refractivity (Wildman–Crippen MR) is 90.0 cm³/mol. The Hall–Kier alpha value is -2.04. The third-order valence-electron chi connectivity index (χ3n) is 3.09. The molecule has 0 saturated carbocycles. The zero-order valence-corrected chi connectivity index (χ0v) is 14.5. The van der Waals surface area contributed by atoms with Crippen LogP contribution in [0.1, 0.15) is 47.0 Å². The lowest BCUT2D eigenvalue weighted by Crippen LogP contribution is -2.40. The summed E-state index contributed by atoms with van der Waals surface area (Å²) in [6.45, 7) is 11.4. The third-order valence-corrected chi connectivity index (χ3v) is 3.09. The molecule has 0 aromatic heterocycles. The Morgan fingerprint density at radius 1 is 1.43 bits per heavy atom. The van der Waals surface area contributed by atoms with Gasteiger partial charge >= 0.3 is 6.09 Å². The highest BCUT2D eigenvalue weighted by atomic mass is 16.6. The van der Waals surface area contributed by atoms with E-state index in [0.29, 0.717) is 12.4 Å². The standard InChI is InChI=1S/C18H27NO4/c1-6-8-16(19-17(21)23-18(3,4)5)13-10-14(20)12-15(11-13)22-9-7-2/h7,11-12,16H,2,6,8-10H2,1,3-5H3,(H,19,21)/t16-/m1/s1. The van der Waals surface area contributed by atoms with Crippen molar-refractivity contribution >= 4 is 11.9 Å². The Kier molecular flexibility index (Phi) is 7.07. The van der Waals surface area contributed by atoms with E-state index in [0.717, 1.165) is 18.4 Å². The molecule has 0 spiro atoms. The summed E-state index contributed by atoms with van der Waals surface area (Å²) < 4.78 is 10.8. The van der Waals surface area contributed by atoms with E-state index in [1.807, 2.05) is 33.8 Å². The van der Waals surface area contributed by atoms with Crippen molar-refractivity contribution in [1.82, 2.24) is 5.32 Å². The number of hydrogen-bond donors (Lipinski definition) is 1. The Bertz CT molecular complexity index is 512. The molecule has 0 bridgehead atoms. The van der Waals surface area contributed by atoms with E-state index in [1.54, 1.807) is 6.08 Å². The Morgan fingerprint density at radius 2 is 2.13 bits per heavy atom. The summed E-state index contributed by atoms with van der Waals surface area (Å²) in [7, 11) is 0. The van der Waals surface area contributed by atoms with E-state index in [1.165, 1.54) is 6.08 Å². The van der Waals surface area contributed by atoms with Gasteiger partial charge in [0.05, 0.1) is 6.04 Å². The van der Waals surface area contributed by atoms with Crippen LogP contribution < -0.4 is 5.32 Å². The molecular weight excluding hydrogens is 294 g/mol. The fourth-order valence-corrected chi connectivity index (χ4v) is 2.24. The maximum Gasteiger partial charge on any atom is 0.408 e. The van der Waals surface area contributed by atoms with Crippen molar-refractivity contribution in [2.45, 2.75) is 58.6 Å². The molecule has 1 N–H and O–H groups in total. The number of ketones is 1. The van der Waals surface area contributed by atoms with Gasteiger partial charge in [0.15, 0.2) is 5.78 Å². The van der Waals surface area contributed by atoms with Crippen LogP contribution in [-0.4, -0.2) is 30.1 Å². The fourth-order valence-electron chi connectivity index (χ4n) is 2.24. The molecule has 0 fully saturated rings. The second kappa shape index (κ2) is 8.56. The maximum absolute atomic E-state index is 12.0. The fraction of sp³-hybridized carbons (Fsp3) is 0.556. The Morgan fingerprint density at radius 3 is 2.70 bits per heavy atom. The summed E-state index contributed by atoms with van der Waals surface area (Å²) in [5.41, 5.74) is 0.278. The van der Waals surface area contributed by atoms with E-state index < -0.39 is 11.7 Å². The lowest BCUT2D eigenvalue weighted by molar-refractivity contribution is -0.114. The molecule has 1 rings (SSSR count). The van der Waals surface area contributed by atoms with Gasteiger partial charge in [0.1, 0.15) is 18.0 Å². The molecule has 0 heterocycles. The van der Waals surface area contributed by atoms with Gasteiger partial charge in [-0.15, -0.1) is 0 Å². The highest BCUT2D eigenvalue weighted by Gasteiger charge is 2.24. The summed E-state index contributed by atoms with van der Waals surface area (Å²) in [6, 6.07) is -0.241. The first kappa shape index (κ1) is 19.0. The number of ether oxygens (including phenoxy) is 2. The monoisotopic (exact) mass is 321 g/mol. The van der Waals surface area contributed by atoms with Crippen molar-refractivity contribution in [1.29, 1.82) is 0 Å². The van der Waals surface area contributed by atoms with Crippen molar-refractivity contribution in [2.24, 2.45) is 0 Å². The zero-order valence-electron chi connectivity index (χ0n) is 14.5. The molecule has 5 nitrogen and oxygen atoms in total. The third kappa shape index (κ3) is 7.17. The van der Waals surface area contributed by atoms with E-state index in [2.05, 4.69) is 11.9 Å². The molecule has 0 radical (unpaired) electrons. The minimum Gasteiger partial charge on any atom is -0.489 e. The number of alkyl carbamates (subject to hydrolysis) is 1. The predicted octanol–water partition coefficient (Wildman–Crippen LogP) is 3.67. The number of carbonyl (C=O) groups excluding carboxylic acids is 2. The van der Waals surface area contributed by atoms with Gasteiger partial charge in [-0.25, -0.2) is 4.79 Å². The van der Waals surface area contributed by atoms with E-state index >= 15 is 0 Å². The average molecular weight is 321 g/mol. The number of hydrogen-bond acceptors (Lipinski definition) is 4. The Labute approximate surface area is 138 Å². The number of allylic oxidation sites excluding steroid dienone is 2. The summed E-state index contributed by atoms with van der Waals surface area (Å²) >= 11 is 0. The zero-order chi connectivity index (χ0) is 17.5. The number of amides is 1. The van der Waals surface area contributed by atoms with E-state index in [4.69, 9.17) is 9.47 Å². The van der Waals surface area contributed by atoms with Gasteiger partial charge in [-0.3, -0.25) is 4.79 Å². The quantitative estimate of drug-likeness (QED) is 0.727. The maximum atomic E-state index is 12.0. The molecule has 1 aliphatic carbocycles. The SMILES string of the molecule is C=CCOC1=CC(=O)CC([C@@H](CCC)NC(=O)OC(C)(C)C)=C1. The minimum atomic E-state index is -0.560. The van der Waals surface area contributed by atoms with Crippen LogP contribution in [0.4, 0.5) is 4.79 Å². The van der Waals surface area contributed by atoms with Gasteiger partial charge in [-0.2, -0.15) is 0 Å². The smallest absolute Gasteiger partial charge is 0.408 e. The van der Waals surface area contributed by atoms with Gasteiger partial charge in [-0.05, 0) is 38.8 Å². The van der Waals surface area contributed by atoms with Crippen LogP contribution in [0.15, 0.2) is 36.1 Å². The molecule has 0 aromatic rings. The van der Waals surface area contributed by atoms with E-state index in [9.17, 15) is 9.59 Å². The highest BCUT2D eigenvalue weighted by Crippen LogP contribution is 2.22. The second-order valence-electron chi connectivity index (χ2n) is 6.50. The average Bonchev–Trinajstić information content (AvgIpc) is 2.42. The van der Waals surface area contributed by atoms with Crippen LogP contribution >= 0.6 is 0 Å².